The first kappa shape index (κ1) is 16.7. The van der Waals surface area contributed by atoms with Crippen LogP contribution in [0.4, 0.5) is 0 Å². The first-order chi connectivity index (χ1) is 8.52. The van der Waals surface area contributed by atoms with Crippen molar-refractivity contribution in [3.8, 4) is 0 Å². The van der Waals surface area contributed by atoms with Gasteiger partial charge in [0.15, 0.2) is 0 Å². The van der Waals surface area contributed by atoms with E-state index in [2.05, 4.69) is 57.3 Å². The van der Waals surface area contributed by atoms with E-state index < -0.39 is 20.8 Å². The van der Waals surface area contributed by atoms with Crippen molar-refractivity contribution in [3.63, 3.8) is 0 Å². The van der Waals surface area contributed by atoms with Gasteiger partial charge < -0.3 is 0 Å². The molecule has 1 atom stereocenters. The van der Waals surface area contributed by atoms with Crippen LogP contribution in [0.3, 0.4) is 0 Å². The van der Waals surface area contributed by atoms with Gasteiger partial charge in [0.25, 0.3) is 0 Å². The topological polar surface area (TPSA) is 0 Å². The van der Waals surface area contributed by atoms with Crippen molar-refractivity contribution in [1.82, 2.24) is 0 Å². The maximum absolute atomic E-state index is 4.93. The second kappa shape index (κ2) is 8.04. The fraction of sp³-hybridized carbons (Fsp3) is 0.429. The molecular formula is C14H19Cl2SiZr. The molecule has 1 aromatic rings. The summed E-state index contributed by atoms with van der Waals surface area (Å²) in [5.74, 6) is 0.683. The number of hydrogen-bond acceptors (Lipinski definition) is 0. The van der Waals surface area contributed by atoms with Crippen molar-refractivity contribution >= 4 is 31.9 Å². The van der Waals surface area contributed by atoms with Gasteiger partial charge in [-0.25, -0.2) is 0 Å². The van der Waals surface area contributed by atoms with Crippen LogP contribution >= 0.6 is 17.0 Å². The van der Waals surface area contributed by atoms with Gasteiger partial charge in [-0.3, -0.25) is 0 Å². The third-order valence-electron chi connectivity index (χ3n) is 3.21. The van der Waals surface area contributed by atoms with Crippen LogP contribution < -0.4 is 0 Å². The van der Waals surface area contributed by atoms with E-state index in [1.165, 1.54) is 5.56 Å². The predicted molar refractivity (Wildman–Crippen MR) is 81.2 cm³/mol. The molecule has 0 bridgehead atoms. The number of halogens is 2. The Morgan fingerprint density at radius 1 is 1.17 bits per heavy atom. The molecule has 4 heteroatoms. The van der Waals surface area contributed by atoms with E-state index in [9.17, 15) is 0 Å². The van der Waals surface area contributed by atoms with Gasteiger partial charge in [0, 0.05) is 0 Å². The molecule has 0 saturated heterocycles. The monoisotopic (exact) mass is 375 g/mol. The van der Waals surface area contributed by atoms with Crippen LogP contribution in [-0.2, 0) is 20.8 Å². The van der Waals surface area contributed by atoms with Crippen LogP contribution in [0.15, 0.2) is 29.8 Å². The molecule has 0 heterocycles. The number of hydrogen-bond donors (Lipinski definition) is 0. The van der Waals surface area contributed by atoms with Gasteiger partial charge in [-0.1, -0.05) is 62.9 Å². The Balaban J connectivity index is 0.000000492. The van der Waals surface area contributed by atoms with Crippen molar-refractivity contribution in [3.05, 3.63) is 41.0 Å². The summed E-state index contributed by atoms with van der Waals surface area (Å²) in [7, 11) is 9.58. The normalized spacial score (nSPS) is 17.1. The van der Waals surface area contributed by atoms with Gasteiger partial charge in [-0.05, 0) is 22.6 Å². The Hall–Kier alpha value is 0.640. The average molecular weight is 378 g/mol. The zero-order valence-corrected chi connectivity index (χ0v) is 16.3. The van der Waals surface area contributed by atoms with Crippen LogP contribution in [0.2, 0.25) is 13.1 Å². The van der Waals surface area contributed by atoms with Gasteiger partial charge in [-0.2, -0.15) is 0 Å². The summed E-state index contributed by atoms with van der Waals surface area (Å²) in [6.07, 6.45) is 2.42. The molecule has 0 N–H and O–H groups in total. The third-order valence-corrected chi connectivity index (χ3v) is 5.01. The Kier molecular flexibility index (Phi) is 7.46. The maximum atomic E-state index is 4.93. The van der Waals surface area contributed by atoms with Crippen molar-refractivity contribution in [2.45, 2.75) is 32.5 Å². The van der Waals surface area contributed by atoms with Gasteiger partial charge in [0.2, 0.25) is 0 Å². The second-order valence-corrected chi connectivity index (χ2v) is 11.5. The van der Waals surface area contributed by atoms with Crippen molar-refractivity contribution in [2.24, 2.45) is 5.92 Å². The molecule has 97 valence electrons. The van der Waals surface area contributed by atoms with E-state index in [1.807, 2.05) is 0 Å². The van der Waals surface area contributed by atoms with E-state index in [1.54, 1.807) is 11.1 Å². The molecule has 1 radical (unpaired) electrons. The summed E-state index contributed by atoms with van der Waals surface area (Å²) >= 11 is -0.826. The van der Waals surface area contributed by atoms with E-state index in [0.29, 0.717) is 5.92 Å². The summed E-state index contributed by atoms with van der Waals surface area (Å²) in [4.78, 5) is 0. The van der Waals surface area contributed by atoms with Gasteiger partial charge >= 0.3 is 37.9 Å². The summed E-state index contributed by atoms with van der Waals surface area (Å²) in [6.45, 7) is 9.48. The van der Waals surface area contributed by atoms with E-state index >= 15 is 0 Å². The summed E-state index contributed by atoms with van der Waals surface area (Å²) in [6, 6.07) is 8.88. The fourth-order valence-electron chi connectivity index (χ4n) is 2.49. The molecule has 1 aliphatic rings. The number of rotatable bonds is 2. The molecule has 0 spiro atoms. The van der Waals surface area contributed by atoms with Crippen molar-refractivity contribution < 1.29 is 20.8 Å². The number of allylic oxidation sites excluding steroid dienone is 1. The predicted octanol–water partition coefficient (Wildman–Crippen LogP) is 5.49. The fourth-order valence-corrected chi connectivity index (χ4v) is 4.46. The Labute approximate surface area is 131 Å². The molecule has 1 aromatic carbocycles. The Morgan fingerprint density at radius 2 is 1.72 bits per heavy atom. The Morgan fingerprint density at radius 3 is 2.22 bits per heavy atom. The van der Waals surface area contributed by atoms with Crippen molar-refractivity contribution in [1.29, 1.82) is 0 Å². The molecule has 2 rings (SSSR count). The second-order valence-electron chi connectivity index (χ2n) is 5.01. The quantitative estimate of drug-likeness (QED) is 0.598. The van der Waals surface area contributed by atoms with E-state index in [4.69, 9.17) is 17.0 Å². The molecule has 0 nitrogen and oxygen atoms in total. The number of benzene rings is 1. The van der Waals surface area contributed by atoms with Crippen LogP contribution in [0, 0.1) is 5.92 Å². The molecular weight excluding hydrogens is 358 g/mol. The van der Waals surface area contributed by atoms with Crippen molar-refractivity contribution in [2.75, 3.05) is 0 Å². The first-order valence-corrected chi connectivity index (χ1v) is 15.0. The Bertz CT molecular complexity index is 416. The molecule has 0 aliphatic heterocycles. The average Bonchev–Trinajstić information content (AvgIpc) is 2.69. The molecule has 0 saturated carbocycles. The SMILES string of the molecule is CC(C)C1=Cc2ccccc2C1[Si](C)C.[Cl][Zr][Cl]. The number of fused-ring (bicyclic) bond motifs is 1. The molecule has 1 aliphatic carbocycles. The van der Waals surface area contributed by atoms with Gasteiger partial charge in [-0.15, -0.1) is 0 Å². The van der Waals surface area contributed by atoms with E-state index in [-0.39, 0.29) is 8.80 Å². The van der Waals surface area contributed by atoms with Gasteiger partial charge in [0.1, 0.15) is 0 Å². The minimum atomic E-state index is -0.826. The van der Waals surface area contributed by atoms with Crippen LogP contribution in [0.5, 0.6) is 0 Å². The summed E-state index contributed by atoms with van der Waals surface area (Å²) in [5, 5.41) is 0. The zero-order chi connectivity index (χ0) is 13.7. The molecule has 0 fully saturated rings. The molecule has 0 amide bonds. The van der Waals surface area contributed by atoms with E-state index in [0.717, 1.165) is 5.54 Å². The molecule has 0 aromatic heterocycles. The van der Waals surface area contributed by atoms with Gasteiger partial charge in [0.05, 0.1) is 8.80 Å². The van der Waals surface area contributed by atoms with Crippen LogP contribution in [0.25, 0.3) is 6.08 Å². The minimum absolute atomic E-state index is 0.285. The zero-order valence-electron chi connectivity index (χ0n) is 11.3. The van der Waals surface area contributed by atoms with Crippen LogP contribution in [0.1, 0.15) is 30.5 Å². The summed E-state index contributed by atoms with van der Waals surface area (Å²) in [5.41, 5.74) is 5.42. The standard InChI is InChI=1S/C14H19Si.2ClH.Zr/c1-10(2)13-9-11-7-5-6-8-12(11)14(13)15(3)4;;;/h5-10,14H,1-4H3;2*1H;/q;;;+2/p-2. The molecule has 18 heavy (non-hydrogen) atoms. The third kappa shape index (κ3) is 4.07. The summed E-state index contributed by atoms with van der Waals surface area (Å²) < 4.78 is 0. The van der Waals surface area contributed by atoms with Crippen LogP contribution in [-0.4, -0.2) is 8.80 Å². The first-order valence-electron chi connectivity index (χ1n) is 6.09. The molecule has 1 unspecified atom stereocenters.